The predicted molar refractivity (Wildman–Crippen MR) is 64.1 cm³/mol. The van der Waals surface area contributed by atoms with Gasteiger partial charge in [-0.25, -0.2) is 12.1 Å². The van der Waals surface area contributed by atoms with Crippen molar-refractivity contribution in [1.82, 2.24) is 0 Å². The van der Waals surface area contributed by atoms with Gasteiger partial charge in [0.1, 0.15) is 0 Å². The van der Waals surface area contributed by atoms with Gasteiger partial charge in [0.05, 0.1) is 0 Å². The summed E-state index contributed by atoms with van der Waals surface area (Å²) in [7, 11) is 0. The molecule has 0 amide bonds. The Bertz CT molecular complexity index is 95.8. The summed E-state index contributed by atoms with van der Waals surface area (Å²) in [6.07, 6.45) is 0. The van der Waals surface area contributed by atoms with Gasteiger partial charge in [-0.1, -0.05) is 0 Å². The van der Waals surface area contributed by atoms with Crippen LogP contribution in [-0.4, -0.2) is 0 Å². The van der Waals surface area contributed by atoms with Gasteiger partial charge in [0, 0.05) is 0 Å². The number of hydrogen-bond acceptors (Lipinski definition) is 0. The van der Waals surface area contributed by atoms with Gasteiger partial charge < -0.3 is 0 Å². The maximum atomic E-state index is 2.48. The van der Waals surface area contributed by atoms with E-state index in [4.69, 9.17) is 0 Å². The molecule has 0 saturated carbocycles. The van der Waals surface area contributed by atoms with Crippen molar-refractivity contribution >= 4 is 57.6 Å². The van der Waals surface area contributed by atoms with Gasteiger partial charge in [0.2, 0.25) is 0 Å². The summed E-state index contributed by atoms with van der Waals surface area (Å²) in [4.78, 5) is 0. The van der Waals surface area contributed by atoms with E-state index >= 15 is 0 Å². The molecule has 1 rings (SSSR count). The minimum absolute atomic E-state index is 0.423. The molecule has 0 saturated heterocycles. The molecule has 0 fully saturated rings. The molecule has 0 heterocycles. The Kier molecular flexibility index (Phi) is 10.4. The van der Waals surface area contributed by atoms with Crippen molar-refractivity contribution in [1.29, 1.82) is 0 Å². The molecule has 0 bridgehead atoms. The molecule has 0 spiro atoms. The van der Waals surface area contributed by atoms with E-state index in [2.05, 4.69) is 57.6 Å². The first-order valence-corrected chi connectivity index (χ1v) is 17.3. The summed E-state index contributed by atoms with van der Waals surface area (Å²) in [5.74, 6) is 0. The van der Waals surface area contributed by atoms with Crippen molar-refractivity contribution in [2.75, 3.05) is 0 Å². The first-order valence-electron chi connectivity index (χ1n) is 2.23. The fourth-order valence-electron chi connectivity index (χ4n) is 0.321. The second-order valence-electron chi connectivity index (χ2n) is 1.18. The maximum absolute atomic E-state index is 2.48. The van der Waals surface area contributed by atoms with Crippen LogP contribution in [0.3, 0.4) is 0 Å². The third-order valence-corrected chi connectivity index (χ3v) is 0.556. The van der Waals surface area contributed by atoms with E-state index in [1.54, 1.807) is 0 Å². The second-order valence-corrected chi connectivity index (χ2v) is 40.7. The Hall–Kier alpha value is 2.25. The summed E-state index contributed by atoms with van der Waals surface area (Å²) in [5.41, 5.74) is 0. The van der Waals surface area contributed by atoms with Crippen LogP contribution in [-0.2, 0) is 6.63 Å². The Morgan fingerprint density at radius 3 is 1.44 bits per heavy atom. The normalized spacial score (nSPS) is 7.44. The average Bonchev–Trinajstić information content (AvgIpc) is 2.11. The summed E-state index contributed by atoms with van der Waals surface area (Å²) >= 11 is 7.45. The smallest absolute Gasteiger partial charge is 0.172 e. The Morgan fingerprint density at radius 2 is 1.33 bits per heavy atom. The topological polar surface area (TPSA) is 0 Å². The minimum atomic E-state index is -0.423. The first-order chi connectivity index (χ1) is 4.23. The van der Waals surface area contributed by atoms with E-state index < -0.39 is 6.63 Å². The van der Waals surface area contributed by atoms with Gasteiger partial charge in [0.25, 0.3) is 0 Å². The van der Waals surface area contributed by atoms with E-state index in [-0.39, 0.29) is 0 Å². The van der Waals surface area contributed by atoms with Crippen molar-refractivity contribution in [3.05, 3.63) is 30.3 Å². The van der Waals surface area contributed by atoms with Crippen LogP contribution in [0.2, 0.25) is 0 Å². The molecule has 0 unspecified atom stereocenters. The third-order valence-electron chi connectivity index (χ3n) is 0.556. The molecule has 1 aromatic rings. The maximum Gasteiger partial charge on any atom is -0.172 e. The van der Waals surface area contributed by atoms with Gasteiger partial charge in [-0.05, 0) is 0 Å². The van der Waals surface area contributed by atoms with Crippen LogP contribution >= 0.6 is 57.6 Å². The molecule has 0 aliphatic carbocycles. The molecule has 9 heavy (non-hydrogen) atoms. The standard InChI is InChI=1S/C5H5.3HI.Ti/c1-2-4-5-3-1;;;;/h1-5H;3*1H;/q-1;;;;+4/p-3. The summed E-state index contributed by atoms with van der Waals surface area (Å²) in [6, 6.07) is 10.0. The van der Waals surface area contributed by atoms with Crippen LogP contribution in [0.1, 0.15) is 0 Å². The Balaban J connectivity index is 0.000000148. The monoisotopic (exact) mass is 494 g/mol. The van der Waals surface area contributed by atoms with E-state index in [0.29, 0.717) is 0 Å². The fraction of sp³-hybridized carbons (Fsp3) is 0. The average molecular weight is 494 g/mol. The fourth-order valence-corrected chi connectivity index (χ4v) is 0.321. The SMILES string of the molecule is [I][Ti+]([I])[I].c1cc[cH-]c1. The third kappa shape index (κ3) is 13.3. The molecule has 0 radical (unpaired) electrons. The van der Waals surface area contributed by atoms with Crippen molar-refractivity contribution in [2.24, 2.45) is 0 Å². The molecule has 0 aliphatic heterocycles. The van der Waals surface area contributed by atoms with E-state index in [0.717, 1.165) is 0 Å². The quantitative estimate of drug-likeness (QED) is 0.291. The molecule has 1 aromatic carbocycles. The second kappa shape index (κ2) is 8.35. The number of rotatable bonds is 0. The summed E-state index contributed by atoms with van der Waals surface area (Å²) < 4.78 is 0. The molecule has 0 nitrogen and oxygen atoms in total. The molecule has 50 valence electrons. The zero-order chi connectivity index (χ0) is 7.11. The molecular formula is C5H5I3Ti. The van der Waals surface area contributed by atoms with E-state index in [1.165, 1.54) is 0 Å². The number of hydrogen-bond donors (Lipinski definition) is 0. The minimum Gasteiger partial charge on any atom is -0.214 e. The predicted octanol–water partition coefficient (Wildman–Crippen LogP) is 4.06. The zero-order valence-electron chi connectivity index (χ0n) is 4.52. The van der Waals surface area contributed by atoms with Crippen LogP contribution in [0, 0.1) is 0 Å². The van der Waals surface area contributed by atoms with Crippen molar-refractivity contribution in [3.8, 4) is 0 Å². The van der Waals surface area contributed by atoms with Gasteiger partial charge in [-0.15, -0.1) is 0 Å². The summed E-state index contributed by atoms with van der Waals surface area (Å²) in [5, 5.41) is 0. The van der Waals surface area contributed by atoms with Crippen molar-refractivity contribution in [2.45, 2.75) is 0 Å². The van der Waals surface area contributed by atoms with Crippen LogP contribution in [0.25, 0.3) is 0 Å². The molecular weight excluding hydrogens is 489 g/mol. The van der Waals surface area contributed by atoms with Gasteiger partial charge in [-0.2, -0.15) is 18.2 Å². The molecule has 0 aliphatic rings. The van der Waals surface area contributed by atoms with Crippen LogP contribution in [0.4, 0.5) is 0 Å². The Labute approximate surface area is 92.4 Å². The molecule has 4 heteroatoms. The molecule has 0 aromatic heterocycles. The summed E-state index contributed by atoms with van der Waals surface area (Å²) in [6.45, 7) is -0.423. The first kappa shape index (κ1) is 11.3. The largest absolute Gasteiger partial charge is 0.214 e. The zero-order valence-corrected chi connectivity index (χ0v) is 12.6. The van der Waals surface area contributed by atoms with Crippen molar-refractivity contribution in [3.63, 3.8) is 0 Å². The Morgan fingerprint density at radius 1 is 1.00 bits per heavy atom. The van der Waals surface area contributed by atoms with Gasteiger partial charge >= 0.3 is 64.2 Å². The van der Waals surface area contributed by atoms with Crippen LogP contribution in [0.15, 0.2) is 30.3 Å². The van der Waals surface area contributed by atoms with Gasteiger partial charge in [-0.3, -0.25) is 0 Å². The van der Waals surface area contributed by atoms with Crippen molar-refractivity contribution < 1.29 is 6.63 Å². The molecule has 0 N–H and O–H groups in total. The van der Waals surface area contributed by atoms with E-state index in [1.807, 2.05) is 30.3 Å². The van der Waals surface area contributed by atoms with Crippen LogP contribution < -0.4 is 0 Å². The van der Waals surface area contributed by atoms with Crippen LogP contribution in [0.5, 0.6) is 0 Å². The van der Waals surface area contributed by atoms with Gasteiger partial charge in [0.15, 0.2) is 0 Å². The number of halogens is 3. The molecule has 0 atom stereocenters. The van der Waals surface area contributed by atoms with E-state index in [9.17, 15) is 0 Å².